The van der Waals surface area contributed by atoms with Crippen molar-refractivity contribution in [2.75, 3.05) is 31.0 Å². The van der Waals surface area contributed by atoms with E-state index in [9.17, 15) is 0 Å². The SMILES string of the molecule is COc1cc(Nc2ncc3c(n2)N(C)C(C2CC2)CO3)cnc1-n1cnc(C)c1. The van der Waals surface area contributed by atoms with E-state index in [0.717, 1.165) is 22.9 Å². The number of rotatable bonds is 5. The van der Waals surface area contributed by atoms with E-state index in [1.54, 1.807) is 25.8 Å². The topological polar surface area (TPSA) is 90.2 Å². The molecule has 9 nitrogen and oxygen atoms in total. The number of pyridine rings is 1. The van der Waals surface area contributed by atoms with Crippen LogP contribution in [0.25, 0.3) is 5.82 Å². The Bertz CT molecular complexity index is 1050. The fourth-order valence-electron chi connectivity index (χ4n) is 3.67. The second-order valence-corrected chi connectivity index (χ2v) is 7.51. The molecule has 2 aliphatic rings. The van der Waals surface area contributed by atoms with Crippen molar-refractivity contribution in [3.8, 4) is 17.3 Å². The van der Waals surface area contributed by atoms with Crippen LogP contribution in [0.5, 0.6) is 11.5 Å². The highest BCUT2D eigenvalue weighted by molar-refractivity contribution is 5.62. The maximum atomic E-state index is 5.88. The maximum Gasteiger partial charge on any atom is 0.229 e. The van der Waals surface area contributed by atoms with Gasteiger partial charge in [0.2, 0.25) is 5.95 Å². The van der Waals surface area contributed by atoms with Gasteiger partial charge in [-0.2, -0.15) is 4.98 Å². The number of hydrogen-bond donors (Lipinski definition) is 1. The Balaban J connectivity index is 1.40. The van der Waals surface area contributed by atoms with Crippen LogP contribution in [-0.2, 0) is 0 Å². The average molecular weight is 393 g/mol. The first kappa shape index (κ1) is 17.7. The maximum absolute atomic E-state index is 5.88. The van der Waals surface area contributed by atoms with Gasteiger partial charge in [-0.05, 0) is 25.7 Å². The van der Waals surface area contributed by atoms with Gasteiger partial charge in [0.15, 0.2) is 23.1 Å². The van der Waals surface area contributed by atoms with E-state index in [2.05, 4.69) is 37.2 Å². The van der Waals surface area contributed by atoms with E-state index < -0.39 is 0 Å². The van der Waals surface area contributed by atoms with Crippen molar-refractivity contribution in [3.63, 3.8) is 0 Å². The van der Waals surface area contributed by atoms with E-state index in [4.69, 9.17) is 9.47 Å². The van der Waals surface area contributed by atoms with Crippen LogP contribution in [0.3, 0.4) is 0 Å². The Hall–Kier alpha value is -3.36. The summed E-state index contributed by atoms with van der Waals surface area (Å²) in [6.45, 7) is 2.63. The average Bonchev–Trinajstić information content (AvgIpc) is 3.48. The molecule has 1 aliphatic carbocycles. The lowest BCUT2D eigenvalue weighted by atomic mass is 10.1. The molecular weight excluding hydrogens is 370 g/mol. The highest BCUT2D eigenvalue weighted by Gasteiger charge is 2.38. The number of nitrogens with zero attached hydrogens (tertiary/aromatic N) is 6. The van der Waals surface area contributed by atoms with Crippen molar-refractivity contribution in [2.24, 2.45) is 5.92 Å². The Kier molecular flexibility index (Phi) is 4.22. The summed E-state index contributed by atoms with van der Waals surface area (Å²) in [4.78, 5) is 20.1. The molecule has 0 spiro atoms. The first-order chi connectivity index (χ1) is 14.1. The van der Waals surface area contributed by atoms with Crippen LogP contribution in [-0.4, -0.2) is 51.3 Å². The second-order valence-electron chi connectivity index (χ2n) is 7.51. The van der Waals surface area contributed by atoms with Gasteiger partial charge in [-0.3, -0.25) is 4.57 Å². The minimum Gasteiger partial charge on any atom is -0.493 e. The van der Waals surface area contributed by atoms with Crippen LogP contribution in [0.15, 0.2) is 31.0 Å². The van der Waals surface area contributed by atoms with Gasteiger partial charge in [0.05, 0.1) is 36.9 Å². The third kappa shape index (κ3) is 3.32. The van der Waals surface area contributed by atoms with Crippen LogP contribution in [0, 0.1) is 12.8 Å². The third-order valence-electron chi connectivity index (χ3n) is 5.41. The molecule has 0 radical (unpaired) electrons. The van der Waals surface area contributed by atoms with Crippen molar-refractivity contribution in [3.05, 3.63) is 36.7 Å². The monoisotopic (exact) mass is 393 g/mol. The molecule has 1 aliphatic heterocycles. The number of hydrogen-bond acceptors (Lipinski definition) is 8. The molecule has 1 N–H and O–H groups in total. The molecule has 150 valence electrons. The Morgan fingerprint density at radius 2 is 2.03 bits per heavy atom. The highest BCUT2D eigenvalue weighted by atomic mass is 16.5. The molecule has 0 bridgehead atoms. The smallest absolute Gasteiger partial charge is 0.229 e. The van der Waals surface area contributed by atoms with Gasteiger partial charge in [0, 0.05) is 19.3 Å². The van der Waals surface area contributed by atoms with Crippen LogP contribution in [0.2, 0.25) is 0 Å². The van der Waals surface area contributed by atoms with Crippen LogP contribution < -0.4 is 19.7 Å². The molecule has 0 amide bonds. The summed E-state index contributed by atoms with van der Waals surface area (Å²) in [5, 5.41) is 3.22. The minimum absolute atomic E-state index is 0.380. The summed E-state index contributed by atoms with van der Waals surface area (Å²) in [6, 6.07) is 2.25. The van der Waals surface area contributed by atoms with Gasteiger partial charge in [0.25, 0.3) is 0 Å². The number of imidazole rings is 1. The quantitative estimate of drug-likeness (QED) is 0.708. The number of methoxy groups -OCH3 is 1. The second kappa shape index (κ2) is 6.91. The summed E-state index contributed by atoms with van der Waals surface area (Å²) in [6.07, 6.45) is 9.58. The van der Waals surface area contributed by atoms with Gasteiger partial charge in [-0.15, -0.1) is 0 Å². The van der Waals surface area contributed by atoms with Crippen molar-refractivity contribution < 1.29 is 9.47 Å². The van der Waals surface area contributed by atoms with Crippen molar-refractivity contribution in [1.29, 1.82) is 0 Å². The van der Waals surface area contributed by atoms with Crippen LogP contribution in [0.1, 0.15) is 18.5 Å². The summed E-state index contributed by atoms with van der Waals surface area (Å²) in [5.74, 6) is 4.02. The lowest BCUT2D eigenvalue weighted by molar-refractivity contribution is 0.250. The summed E-state index contributed by atoms with van der Waals surface area (Å²) >= 11 is 0. The molecule has 3 aromatic rings. The predicted octanol–water partition coefficient (Wildman–Crippen LogP) is 2.73. The first-order valence-corrected chi connectivity index (χ1v) is 9.67. The molecule has 4 heterocycles. The molecule has 0 aromatic carbocycles. The highest BCUT2D eigenvalue weighted by Crippen LogP contribution is 2.41. The zero-order valence-corrected chi connectivity index (χ0v) is 16.7. The number of anilines is 3. The molecular formula is C20H23N7O2. The largest absolute Gasteiger partial charge is 0.493 e. The molecule has 1 saturated carbocycles. The normalized spacial score (nSPS) is 18.2. The Morgan fingerprint density at radius 1 is 1.17 bits per heavy atom. The standard InChI is InChI=1S/C20H23N7O2/c1-12-9-27(11-23-12)18-16(28-3)6-14(7-21-18)24-20-22-8-17-19(25-20)26(2)15(10-29-17)13-4-5-13/h6-9,11,13,15H,4-5,10H2,1-3H3,(H,22,24,25). The number of likely N-dealkylation sites (N-methyl/N-ethyl adjacent to an activating group) is 1. The molecule has 5 rings (SSSR count). The van der Waals surface area contributed by atoms with E-state index in [1.807, 2.05) is 23.8 Å². The molecule has 0 saturated heterocycles. The van der Waals surface area contributed by atoms with Crippen molar-refractivity contribution in [2.45, 2.75) is 25.8 Å². The fourth-order valence-corrected chi connectivity index (χ4v) is 3.67. The Labute approximate surface area is 168 Å². The van der Waals surface area contributed by atoms with Gasteiger partial charge >= 0.3 is 0 Å². The van der Waals surface area contributed by atoms with Crippen LogP contribution in [0.4, 0.5) is 17.5 Å². The number of aromatic nitrogens is 5. The van der Waals surface area contributed by atoms with E-state index in [0.29, 0.717) is 36.1 Å². The molecule has 3 aromatic heterocycles. The zero-order valence-electron chi connectivity index (χ0n) is 16.7. The summed E-state index contributed by atoms with van der Waals surface area (Å²) in [5.41, 5.74) is 1.65. The third-order valence-corrected chi connectivity index (χ3v) is 5.41. The zero-order chi connectivity index (χ0) is 20.0. The molecule has 1 fully saturated rings. The molecule has 1 atom stereocenters. The molecule has 9 heteroatoms. The predicted molar refractivity (Wildman–Crippen MR) is 108 cm³/mol. The van der Waals surface area contributed by atoms with E-state index in [-0.39, 0.29) is 0 Å². The Morgan fingerprint density at radius 3 is 2.76 bits per heavy atom. The van der Waals surface area contributed by atoms with E-state index in [1.165, 1.54) is 12.8 Å². The first-order valence-electron chi connectivity index (χ1n) is 9.67. The fraction of sp³-hybridized carbons (Fsp3) is 0.400. The number of nitrogens with one attached hydrogen (secondary N) is 1. The van der Waals surface area contributed by atoms with Gasteiger partial charge in [0.1, 0.15) is 12.9 Å². The number of fused-ring (bicyclic) bond motifs is 1. The minimum atomic E-state index is 0.380. The summed E-state index contributed by atoms with van der Waals surface area (Å²) in [7, 11) is 3.70. The number of aryl methyl sites for hydroxylation is 1. The molecule has 1 unspecified atom stereocenters. The van der Waals surface area contributed by atoms with Gasteiger partial charge in [-0.1, -0.05) is 0 Å². The summed E-state index contributed by atoms with van der Waals surface area (Å²) < 4.78 is 13.2. The van der Waals surface area contributed by atoms with Crippen molar-refractivity contribution >= 4 is 17.5 Å². The van der Waals surface area contributed by atoms with Crippen molar-refractivity contribution in [1.82, 2.24) is 24.5 Å². The van der Waals surface area contributed by atoms with E-state index >= 15 is 0 Å². The number of ether oxygens (including phenoxy) is 2. The lowest BCUT2D eigenvalue weighted by Crippen LogP contribution is -2.42. The van der Waals surface area contributed by atoms with Gasteiger partial charge in [-0.25, -0.2) is 15.0 Å². The van der Waals surface area contributed by atoms with Gasteiger partial charge < -0.3 is 19.7 Å². The van der Waals surface area contributed by atoms with Crippen LogP contribution >= 0.6 is 0 Å². The molecule has 29 heavy (non-hydrogen) atoms. The lowest BCUT2D eigenvalue weighted by Gasteiger charge is -2.34.